The van der Waals surface area contributed by atoms with Crippen molar-refractivity contribution in [2.24, 2.45) is 16.5 Å². The topological polar surface area (TPSA) is 115 Å². The Labute approximate surface area is 138 Å². The lowest BCUT2D eigenvalue weighted by atomic mass is 9.85. The molecule has 0 unspecified atom stereocenters. The number of carbonyl (C=O) groups is 1. The summed E-state index contributed by atoms with van der Waals surface area (Å²) < 4.78 is 0. The van der Waals surface area contributed by atoms with Gasteiger partial charge >= 0.3 is 0 Å². The molecule has 1 heterocycles. The minimum Gasteiger partial charge on any atom is -0.483 e. The fourth-order valence-corrected chi connectivity index (χ4v) is 3.81. The summed E-state index contributed by atoms with van der Waals surface area (Å²) in [6, 6.07) is 8.78. The van der Waals surface area contributed by atoms with E-state index in [1.54, 1.807) is 11.3 Å². The second-order valence-electron chi connectivity index (χ2n) is 5.36. The molecule has 0 spiro atoms. The van der Waals surface area contributed by atoms with Crippen LogP contribution in [-0.2, 0) is 17.6 Å². The van der Waals surface area contributed by atoms with Gasteiger partial charge in [0.05, 0.1) is 5.69 Å². The average Bonchev–Trinajstić information content (AvgIpc) is 2.88. The van der Waals surface area contributed by atoms with Gasteiger partial charge in [-0.1, -0.05) is 41.2 Å². The van der Waals surface area contributed by atoms with E-state index in [1.165, 1.54) is 21.7 Å². The minimum atomic E-state index is -0.250. The van der Waals surface area contributed by atoms with Gasteiger partial charge in [0.15, 0.2) is 5.96 Å². The van der Waals surface area contributed by atoms with Crippen LogP contribution in [0.2, 0.25) is 0 Å². The Morgan fingerprint density at radius 2 is 2.22 bits per heavy atom. The molecular weight excluding hydrogens is 312 g/mol. The first-order chi connectivity index (χ1) is 11.0. The van der Waals surface area contributed by atoms with Crippen LogP contribution >= 0.6 is 11.3 Å². The number of rotatable bonds is 2. The molecule has 3 rings (SSSR count). The largest absolute Gasteiger partial charge is 0.483 e. The number of benzene rings is 1. The molecule has 5 N–H and O–H groups in total. The maximum absolute atomic E-state index is 8.36. The fraction of sp³-hybridized carbons (Fsp3) is 0.312. The number of carboxylic acid groups (broad SMARTS) is 1. The van der Waals surface area contributed by atoms with Crippen LogP contribution < -0.4 is 11.5 Å². The van der Waals surface area contributed by atoms with Crippen molar-refractivity contribution in [3.8, 4) is 0 Å². The summed E-state index contributed by atoms with van der Waals surface area (Å²) >= 11 is 1.61. The van der Waals surface area contributed by atoms with E-state index in [2.05, 4.69) is 41.2 Å². The van der Waals surface area contributed by atoms with E-state index in [9.17, 15) is 0 Å². The van der Waals surface area contributed by atoms with E-state index in [0.29, 0.717) is 11.0 Å². The third-order valence-corrected chi connectivity index (χ3v) is 4.68. The highest BCUT2D eigenvalue weighted by Crippen LogP contribution is 2.37. The van der Waals surface area contributed by atoms with Crippen molar-refractivity contribution in [3.63, 3.8) is 0 Å². The van der Waals surface area contributed by atoms with Gasteiger partial charge in [0.2, 0.25) is 5.13 Å². The van der Waals surface area contributed by atoms with Crippen LogP contribution in [0.3, 0.4) is 0 Å². The number of aliphatic imine (C=N–C) groups is 1. The Balaban J connectivity index is 0.000000595. The predicted octanol–water partition coefficient (Wildman–Crippen LogP) is 2.33. The molecule has 2 aromatic rings. The lowest BCUT2D eigenvalue weighted by molar-refractivity contribution is -0.122. The van der Waals surface area contributed by atoms with Gasteiger partial charge in [-0.2, -0.15) is 4.99 Å². The number of hydrogen-bond donors (Lipinski definition) is 3. The first kappa shape index (κ1) is 17.0. The Kier molecular flexibility index (Phi) is 5.70. The highest BCUT2D eigenvalue weighted by Gasteiger charge is 2.23. The van der Waals surface area contributed by atoms with Gasteiger partial charge in [0.25, 0.3) is 6.47 Å². The highest BCUT2D eigenvalue weighted by molar-refractivity contribution is 7.15. The number of guanidine groups is 1. The third-order valence-electron chi connectivity index (χ3n) is 3.67. The molecule has 7 heteroatoms. The molecule has 0 radical (unpaired) electrons. The number of nitrogens with two attached hydrogens (primary N) is 2. The lowest BCUT2D eigenvalue weighted by Crippen LogP contribution is -2.21. The van der Waals surface area contributed by atoms with Crippen molar-refractivity contribution in [3.05, 3.63) is 46.0 Å². The molecule has 1 aromatic carbocycles. The number of fused-ring (bicyclic) bond motifs is 1. The van der Waals surface area contributed by atoms with E-state index in [-0.39, 0.29) is 12.4 Å². The zero-order valence-electron chi connectivity index (χ0n) is 12.9. The SMILES string of the molecule is Cc1cccc([C@H]2CCc3nc(N=C(N)N)sc3C2)c1.O=CO. The molecule has 122 valence electrons. The van der Waals surface area contributed by atoms with E-state index in [1.807, 2.05) is 0 Å². The van der Waals surface area contributed by atoms with Crippen molar-refractivity contribution in [1.29, 1.82) is 0 Å². The van der Waals surface area contributed by atoms with Crippen molar-refractivity contribution in [1.82, 2.24) is 4.98 Å². The van der Waals surface area contributed by atoms with E-state index in [0.717, 1.165) is 19.3 Å². The van der Waals surface area contributed by atoms with Crippen LogP contribution in [0.1, 0.15) is 34.0 Å². The van der Waals surface area contributed by atoms with Crippen molar-refractivity contribution in [2.45, 2.75) is 32.1 Å². The molecular formula is C16H20N4O2S. The fourth-order valence-electron chi connectivity index (χ4n) is 2.73. The summed E-state index contributed by atoms with van der Waals surface area (Å²) in [5, 5.41) is 7.57. The molecule has 0 saturated carbocycles. The zero-order valence-corrected chi connectivity index (χ0v) is 13.7. The van der Waals surface area contributed by atoms with Crippen LogP contribution in [0.15, 0.2) is 29.3 Å². The second-order valence-corrected chi connectivity index (χ2v) is 6.42. The lowest BCUT2D eigenvalue weighted by Gasteiger charge is -2.21. The quantitative estimate of drug-likeness (QED) is 0.443. The standard InChI is InChI=1S/C15H18N4S.CH2O2/c1-9-3-2-4-10(7-9)11-5-6-12-13(8-11)20-15(18-12)19-14(16)17;2-1-3/h2-4,7,11H,5-6,8H2,1H3,(H4,16,17,18,19);1H,(H,2,3)/t11-;/m0./s1. The molecule has 1 atom stereocenters. The number of thiazole rings is 1. The zero-order chi connectivity index (χ0) is 16.8. The maximum atomic E-state index is 8.36. The normalized spacial score (nSPS) is 15.8. The summed E-state index contributed by atoms with van der Waals surface area (Å²) in [4.78, 5) is 18.2. The molecule has 0 fully saturated rings. The Bertz CT molecular complexity index is 708. The van der Waals surface area contributed by atoms with Crippen LogP contribution in [0, 0.1) is 6.92 Å². The molecule has 1 aliphatic rings. The average molecular weight is 332 g/mol. The van der Waals surface area contributed by atoms with Gasteiger partial charge in [-0.3, -0.25) is 4.79 Å². The monoisotopic (exact) mass is 332 g/mol. The Morgan fingerprint density at radius 3 is 2.87 bits per heavy atom. The summed E-state index contributed by atoms with van der Waals surface area (Å²) in [7, 11) is 0. The Hall–Kier alpha value is -2.41. The molecule has 0 amide bonds. The summed E-state index contributed by atoms with van der Waals surface area (Å²) in [5.74, 6) is 0.654. The molecule has 1 aromatic heterocycles. The molecule has 1 aliphatic carbocycles. The van der Waals surface area contributed by atoms with Gasteiger partial charge in [-0.05, 0) is 37.7 Å². The number of nitrogens with zero attached hydrogens (tertiary/aromatic N) is 2. The van der Waals surface area contributed by atoms with Crippen LogP contribution in [0.5, 0.6) is 0 Å². The van der Waals surface area contributed by atoms with Gasteiger partial charge in [-0.25, -0.2) is 4.98 Å². The molecule has 23 heavy (non-hydrogen) atoms. The number of aromatic nitrogens is 1. The smallest absolute Gasteiger partial charge is 0.290 e. The van der Waals surface area contributed by atoms with Gasteiger partial charge in [0.1, 0.15) is 0 Å². The molecule has 0 aliphatic heterocycles. The second kappa shape index (κ2) is 7.73. The van der Waals surface area contributed by atoms with Crippen LogP contribution in [0.25, 0.3) is 0 Å². The van der Waals surface area contributed by atoms with Crippen molar-refractivity contribution in [2.75, 3.05) is 0 Å². The van der Waals surface area contributed by atoms with E-state index >= 15 is 0 Å². The van der Waals surface area contributed by atoms with Crippen molar-refractivity contribution >= 4 is 28.9 Å². The highest BCUT2D eigenvalue weighted by atomic mass is 32.1. The third kappa shape index (κ3) is 4.53. The van der Waals surface area contributed by atoms with Crippen LogP contribution in [-0.4, -0.2) is 22.5 Å². The minimum absolute atomic E-state index is 0.0753. The first-order valence-corrected chi connectivity index (χ1v) is 8.07. The molecule has 6 nitrogen and oxygen atoms in total. The van der Waals surface area contributed by atoms with E-state index in [4.69, 9.17) is 21.4 Å². The maximum Gasteiger partial charge on any atom is 0.290 e. The first-order valence-electron chi connectivity index (χ1n) is 7.26. The van der Waals surface area contributed by atoms with Gasteiger partial charge in [0, 0.05) is 4.88 Å². The van der Waals surface area contributed by atoms with Crippen molar-refractivity contribution < 1.29 is 9.90 Å². The molecule has 0 bridgehead atoms. The number of hydrogen-bond acceptors (Lipinski definition) is 4. The Morgan fingerprint density at radius 1 is 1.48 bits per heavy atom. The number of aryl methyl sites for hydroxylation is 2. The van der Waals surface area contributed by atoms with Crippen LogP contribution in [0.4, 0.5) is 5.13 Å². The van der Waals surface area contributed by atoms with Gasteiger partial charge < -0.3 is 16.6 Å². The summed E-state index contributed by atoms with van der Waals surface area (Å²) in [5.41, 5.74) is 14.7. The predicted molar refractivity (Wildman–Crippen MR) is 92.2 cm³/mol. The van der Waals surface area contributed by atoms with E-state index < -0.39 is 0 Å². The molecule has 0 saturated heterocycles. The van der Waals surface area contributed by atoms with Gasteiger partial charge in [-0.15, -0.1) is 0 Å². The summed E-state index contributed by atoms with van der Waals surface area (Å²) in [6.45, 7) is 1.89. The summed E-state index contributed by atoms with van der Waals surface area (Å²) in [6.07, 6.45) is 3.18.